The summed E-state index contributed by atoms with van der Waals surface area (Å²) < 4.78 is 17.8. The molecule has 0 amide bonds. The van der Waals surface area contributed by atoms with Gasteiger partial charge in [-0.1, -0.05) is 12.1 Å². The molecule has 1 rings (SSSR count). The molecule has 0 fully saturated rings. The Balaban J connectivity index is 2.17. The van der Waals surface area contributed by atoms with Gasteiger partial charge in [-0.2, -0.15) is 0 Å². The molecule has 1 aromatic carbocycles. The maximum atomic E-state index is 12.7. The van der Waals surface area contributed by atoms with Crippen molar-refractivity contribution in [2.75, 3.05) is 13.2 Å². The van der Waals surface area contributed by atoms with E-state index >= 15 is 0 Å². The Kier molecular flexibility index (Phi) is 4.77. The van der Waals surface area contributed by atoms with E-state index in [1.165, 1.54) is 12.1 Å². The van der Waals surface area contributed by atoms with E-state index in [9.17, 15) is 9.18 Å². The minimum Gasteiger partial charge on any atom is -0.481 e. The molecule has 0 spiro atoms. The molecular formula is C11H13FO3. The first kappa shape index (κ1) is 11.7. The molecule has 0 heterocycles. The molecule has 15 heavy (non-hydrogen) atoms. The van der Waals surface area contributed by atoms with Crippen molar-refractivity contribution in [3.8, 4) is 0 Å². The SMILES string of the molecule is O=C(O)CCOCCc1cccc(F)c1. The molecule has 0 bridgehead atoms. The summed E-state index contributed by atoms with van der Waals surface area (Å²) in [6.45, 7) is 0.612. The van der Waals surface area contributed by atoms with Gasteiger partial charge in [-0.3, -0.25) is 4.79 Å². The molecule has 0 radical (unpaired) electrons. The normalized spacial score (nSPS) is 10.2. The number of carboxylic acids is 1. The van der Waals surface area contributed by atoms with Gasteiger partial charge in [0.05, 0.1) is 19.6 Å². The summed E-state index contributed by atoms with van der Waals surface area (Å²) in [5.74, 6) is -1.14. The van der Waals surface area contributed by atoms with Crippen molar-refractivity contribution in [2.45, 2.75) is 12.8 Å². The third-order valence-electron chi connectivity index (χ3n) is 1.88. The highest BCUT2D eigenvalue weighted by atomic mass is 19.1. The lowest BCUT2D eigenvalue weighted by Gasteiger charge is -2.02. The molecule has 0 atom stereocenters. The van der Waals surface area contributed by atoms with Crippen molar-refractivity contribution in [1.82, 2.24) is 0 Å². The summed E-state index contributed by atoms with van der Waals surface area (Å²) in [6.07, 6.45) is 0.598. The van der Waals surface area contributed by atoms with Crippen LogP contribution < -0.4 is 0 Å². The fraction of sp³-hybridized carbons (Fsp3) is 0.364. The zero-order valence-corrected chi connectivity index (χ0v) is 8.28. The first-order valence-corrected chi connectivity index (χ1v) is 4.72. The molecule has 0 aliphatic heterocycles. The van der Waals surface area contributed by atoms with Crippen LogP contribution in [-0.4, -0.2) is 24.3 Å². The second-order valence-electron chi connectivity index (χ2n) is 3.14. The fourth-order valence-corrected chi connectivity index (χ4v) is 1.14. The van der Waals surface area contributed by atoms with Gasteiger partial charge in [0.1, 0.15) is 5.82 Å². The van der Waals surface area contributed by atoms with Gasteiger partial charge in [0.25, 0.3) is 0 Å². The van der Waals surface area contributed by atoms with E-state index in [2.05, 4.69) is 0 Å². The zero-order chi connectivity index (χ0) is 11.1. The molecule has 0 unspecified atom stereocenters. The lowest BCUT2D eigenvalue weighted by molar-refractivity contribution is -0.138. The Morgan fingerprint density at radius 3 is 2.87 bits per heavy atom. The average molecular weight is 212 g/mol. The molecule has 0 aliphatic carbocycles. The number of ether oxygens (including phenoxy) is 1. The molecule has 0 saturated carbocycles. The van der Waals surface area contributed by atoms with Crippen molar-refractivity contribution >= 4 is 5.97 Å². The van der Waals surface area contributed by atoms with Crippen molar-refractivity contribution in [3.63, 3.8) is 0 Å². The van der Waals surface area contributed by atoms with Crippen LogP contribution in [0.25, 0.3) is 0 Å². The van der Waals surface area contributed by atoms with Gasteiger partial charge < -0.3 is 9.84 Å². The first-order chi connectivity index (χ1) is 7.18. The zero-order valence-electron chi connectivity index (χ0n) is 8.28. The predicted molar refractivity (Wildman–Crippen MR) is 53.2 cm³/mol. The van der Waals surface area contributed by atoms with Gasteiger partial charge in [-0.25, -0.2) is 4.39 Å². The molecule has 4 heteroatoms. The summed E-state index contributed by atoms with van der Waals surface area (Å²) >= 11 is 0. The van der Waals surface area contributed by atoms with E-state index in [4.69, 9.17) is 9.84 Å². The van der Waals surface area contributed by atoms with Crippen LogP contribution in [0.15, 0.2) is 24.3 Å². The number of hydrogen-bond acceptors (Lipinski definition) is 2. The molecule has 82 valence electrons. The van der Waals surface area contributed by atoms with Crippen LogP contribution in [0.2, 0.25) is 0 Å². The average Bonchev–Trinajstić information content (AvgIpc) is 2.17. The standard InChI is InChI=1S/C11H13FO3/c12-10-3-1-2-9(8-10)4-6-15-7-5-11(13)14/h1-3,8H,4-7H2,(H,13,14). The number of aliphatic carboxylic acids is 1. The molecule has 0 saturated heterocycles. The number of hydrogen-bond donors (Lipinski definition) is 1. The van der Waals surface area contributed by atoms with Crippen LogP contribution in [0.1, 0.15) is 12.0 Å². The largest absolute Gasteiger partial charge is 0.481 e. The molecule has 0 aromatic heterocycles. The van der Waals surface area contributed by atoms with E-state index in [0.717, 1.165) is 5.56 Å². The predicted octanol–water partition coefficient (Wildman–Crippen LogP) is 1.86. The summed E-state index contributed by atoms with van der Waals surface area (Å²) in [7, 11) is 0. The van der Waals surface area contributed by atoms with Gasteiger partial charge in [-0.15, -0.1) is 0 Å². The fourth-order valence-electron chi connectivity index (χ4n) is 1.14. The number of rotatable bonds is 6. The van der Waals surface area contributed by atoms with Gasteiger partial charge in [-0.05, 0) is 24.1 Å². The van der Waals surface area contributed by atoms with Gasteiger partial charge in [0, 0.05) is 0 Å². The van der Waals surface area contributed by atoms with E-state index < -0.39 is 5.97 Å². The Hall–Kier alpha value is -1.42. The van der Waals surface area contributed by atoms with Crippen LogP contribution in [0, 0.1) is 5.82 Å². The Morgan fingerprint density at radius 2 is 2.20 bits per heavy atom. The first-order valence-electron chi connectivity index (χ1n) is 4.72. The number of halogens is 1. The molecule has 0 aliphatic rings. The van der Waals surface area contributed by atoms with Crippen LogP contribution in [0.5, 0.6) is 0 Å². The maximum Gasteiger partial charge on any atom is 0.305 e. The second-order valence-corrected chi connectivity index (χ2v) is 3.14. The van der Waals surface area contributed by atoms with Crippen LogP contribution in [0.3, 0.4) is 0 Å². The van der Waals surface area contributed by atoms with Gasteiger partial charge >= 0.3 is 5.97 Å². The molecule has 3 nitrogen and oxygen atoms in total. The monoisotopic (exact) mass is 212 g/mol. The highest BCUT2D eigenvalue weighted by molar-refractivity contribution is 5.66. The van der Waals surface area contributed by atoms with E-state index in [0.29, 0.717) is 13.0 Å². The van der Waals surface area contributed by atoms with Crippen LogP contribution in [0.4, 0.5) is 4.39 Å². The van der Waals surface area contributed by atoms with Crippen molar-refractivity contribution < 1.29 is 19.0 Å². The van der Waals surface area contributed by atoms with Crippen LogP contribution in [-0.2, 0) is 16.0 Å². The minimum absolute atomic E-state index is 0.00313. The maximum absolute atomic E-state index is 12.7. The minimum atomic E-state index is -0.874. The molecule has 1 aromatic rings. The second kappa shape index (κ2) is 6.14. The van der Waals surface area contributed by atoms with Crippen molar-refractivity contribution in [3.05, 3.63) is 35.6 Å². The third-order valence-corrected chi connectivity index (χ3v) is 1.88. The Bertz CT molecular complexity index is 325. The third kappa shape index (κ3) is 5.12. The number of benzene rings is 1. The number of carboxylic acid groups (broad SMARTS) is 1. The lowest BCUT2D eigenvalue weighted by atomic mass is 10.2. The summed E-state index contributed by atoms with van der Waals surface area (Å²) in [5, 5.41) is 8.34. The van der Waals surface area contributed by atoms with Crippen LogP contribution >= 0.6 is 0 Å². The van der Waals surface area contributed by atoms with Gasteiger partial charge in [0.15, 0.2) is 0 Å². The van der Waals surface area contributed by atoms with E-state index in [1.54, 1.807) is 6.07 Å². The summed E-state index contributed by atoms with van der Waals surface area (Å²) in [4.78, 5) is 10.1. The number of carbonyl (C=O) groups is 1. The Labute approximate surface area is 87.5 Å². The summed E-state index contributed by atoms with van der Waals surface area (Å²) in [5.41, 5.74) is 0.852. The topological polar surface area (TPSA) is 46.5 Å². The highest BCUT2D eigenvalue weighted by Crippen LogP contribution is 2.04. The van der Waals surface area contributed by atoms with Crippen molar-refractivity contribution in [2.24, 2.45) is 0 Å². The highest BCUT2D eigenvalue weighted by Gasteiger charge is 1.98. The molecule has 1 N–H and O–H groups in total. The quantitative estimate of drug-likeness (QED) is 0.732. The molecular weight excluding hydrogens is 199 g/mol. The Morgan fingerprint density at radius 1 is 1.40 bits per heavy atom. The van der Waals surface area contributed by atoms with E-state index in [1.807, 2.05) is 6.07 Å². The lowest BCUT2D eigenvalue weighted by Crippen LogP contribution is -2.05. The summed E-state index contributed by atoms with van der Waals surface area (Å²) in [6, 6.07) is 6.28. The smallest absolute Gasteiger partial charge is 0.305 e. The van der Waals surface area contributed by atoms with Crippen molar-refractivity contribution in [1.29, 1.82) is 0 Å². The van der Waals surface area contributed by atoms with Gasteiger partial charge in [0.2, 0.25) is 0 Å². The van der Waals surface area contributed by atoms with E-state index in [-0.39, 0.29) is 18.8 Å².